The predicted octanol–water partition coefficient (Wildman–Crippen LogP) is 5.42. The fraction of sp³-hybridized carbons (Fsp3) is 0.409. The minimum absolute atomic E-state index is 0.0175. The molecule has 0 saturated carbocycles. The molecule has 1 unspecified atom stereocenters. The highest BCUT2D eigenvalue weighted by Crippen LogP contribution is 2.56. The molecular formula is C22H27N3. The molecule has 3 nitrogen and oxygen atoms in total. The SMILES string of the molecule is Cc1nc2c3c(ccn2c1C)C(C)(C)C(C)(C)C(c1ccccc1)N3. The predicted molar refractivity (Wildman–Crippen MR) is 104 cm³/mol. The molecule has 3 aromatic rings. The van der Waals surface area contributed by atoms with Crippen LogP contribution in [0.15, 0.2) is 42.6 Å². The Bertz CT molecular complexity index is 948. The van der Waals surface area contributed by atoms with Crippen LogP contribution in [-0.2, 0) is 5.41 Å². The Morgan fingerprint density at radius 3 is 2.36 bits per heavy atom. The highest BCUT2D eigenvalue weighted by Gasteiger charge is 2.49. The third-order valence-corrected chi connectivity index (χ3v) is 6.70. The number of imidazole rings is 1. The van der Waals surface area contributed by atoms with E-state index >= 15 is 0 Å². The second kappa shape index (κ2) is 5.10. The lowest BCUT2D eigenvalue weighted by Gasteiger charge is -2.52. The van der Waals surface area contributed by atoms with E-state index in [1.165, 1.54) is 22.5 Å². The number of benzene rings is 1. The second-order valence-electron chi connectivity index (χ2n) is 8.42. The van der Waals surface area contributed by atoms with E-state index in [0.29, 0.717) is 0 Å². The minimum atomic E-state index is 0.0175. The first-order valence-corrected chi connectivity index (χ1v) is 9.05. The van der Waals surface area contributed by atoms with Crippen LogP contribution in [0.4, 0.5) is 5.69 Å². The van der Waals surface area contributed by atoms with Gasteiger partial charge in [0.2, 0.25) is 0 Å². The molecule has 1 aromatic carbocycles. The fourth-order valence-corrected chi connectivity index (χ4v) is 4.18. The van der Waals surface area contributed by atoms with E-state index in [9.17, 15) is 0 Å². The molecule has 1 aliphatic heterocycles. The normalized spacial score (nSPS) is 21.0. The topological polar surface area (TPSA) is 29.3 Å². The quantitative estimate of drug-likeness (QED) is 0.644. The van der Waals surface area contributed by atoms with E-state index in [2.05, 4.69) is 93.9 Å². The van der Waals surface area contributed by atoms with Crippen molar-refractivity contribution >= 4 is 11.3 Å². The van der Waals surface area contributed by atoms with Crippen LogP contribution in [0.1, 0.15) is 56.3 Å². The van der Waals surface area contributed by atoms with Crippen molar-refractivity contribution in [1.82, 2.24) is 9.38 Å². The van der Waals surface area contributed by atoms with Crippen molar-refractivity contribution in [3.05, 3.63) is 65.1 Å². The molecule has 0 saturated heterocycles. The Labute approximate surface area is 150 Å². The number of aryl methyl sites for hydroxylation is 2. The van der Waals surface area contributed by atoms with Crippen molar-refractivity contribution in [3.63, 3.8) is 0 Å². The van der Waals surface area contributed by atoms with Gasteiger partial charge in [-0.2, -0.15) is 0 Å². The van der Waals surface area contributed by atoms with Crippen molar-refractivity contribution in [2.45, 2.75) is 53.0 Å². The molecule has 0 fully saturated rings. The minimum Gasteiger partial charge on any atom is -0.374 e. The highest BCUT2D eigenvalue weighted by atomic mass is 15.1. The average Bonchev–Trinajstić information content (AvgIpc) is 2.87. The smallest absolute Gasteiger partial charge is 0.161 e. The van der Waals surface area contributed by atoms with Gasteiger partial charge in [0.05, 0.1) is 17.4 Å². The van der Waals surface area contributed by atoms with Crippen molar-refractivity contribution in [3.8, 4) is 0 Å². The van der Waals surface area contributed by atoms with Crippen LogP contribution in [0.3, 0.4) is 0 Å². The maximum absolute atomic E-state index is 4.87. The lowest BCUT2D eigenvalue weighted by molar-refractivity contribution is 0.154. The molecule has 0 amide bonds. The molecule has 3 heterocycles. The Morgan fingerprint density at radius 2 is 1.68 bits per heavy atom. The third kappa shape index (κ3) is 2.08. The number of hydrogen-bond acceptors (Lipinski definition) is 2. The fourth-order valence-electron chi connectivity index (χ4n) is 4.18. The van der Waals surface area contributed by atoms with Gasteiger partial charge in [0.1, 0.15) is 0 Å². The molecule has 1 atom stereocenters. The summed E-state index contributed by atoms with van der Waals surface area (Å²) in [6.45, 7) is 13.7. The van der Waals surface area contributed by atoms with Crippen LogP contribution in [0, 0.1) is 19.3 Å². The summed E-state index contributed by atoms with van der Waals surface area (Å²) in [6.07, 6.45) is 2.17. The van der Waals surface area contributed by atoms with Gasteiger partial charge in [-0.25, -0.2) is 4.98 Å². The first-order valence-electron chi connectivity index (χ1n) is 9.05. The number of hydrogen-bond donors (Lipinski definition) is 1. The summed E-state index contributed by atoms with van der Waals surface area (Å²) in [5.74, 6) is 0. The molecule has 1 N–H and O–H groups in total. The number of aromatic nitrogens is 2. The molecule has 4 rings (SSSR count). The molecular weight excluding hydrogens is 306 g/mol. The lowest BCUT2D eigenvalue weighted by atomic mass is 9.57. The van der Waals surface area contributed by atoms with Crippen molar-refractivity contribution in [2.24, 2.45) is 5.41 Å². The Morgan fingerprint density at radius 1 is 1.00 bits per heavy atom. The van der Waals surface area contributed by atoms with Crippen LogP contribution in [0.5, 0.6) is 0 Å². The summed E-state index contributed by atoms with van der Waals surface area (Å²) in [5, 5.41) is 3.86. The summed E-state index contributed by atoms with van der Waals surface area (Å²) in [4.78, 5) is 4.87. The van der Waals surface area contributed by atoms with Gasteiger partial charge in [0.25, 0.3) is 0 Å². The molecule has 1 aliphatic rings. The third-order valence-electron chi connectivity index (χ3n) is 6.70. The summed E-state index contributed by atoms with van der Waals surface area (Å²) in [6, 6.07) is 13.3. The summed E-state index contributed by atoms with van der Waals surface area (Å²) >= 11 is 0. The van der Waals surface area contributed by atoms with E-state index in [1.807, 2.05) is 0 Å². The van der Waals surface area contributed by atoms with Gasteiger partial charge < -0.3 is 9.72 Å². The Hall–Kier alpha value is -2.29. The zero-order chi connectivity index (χ0) is 18.0. The van der Waals surface area contributed by atoms with Gasteiger partial charge in [-0.3, -0.25) is 0 Å². The second-order valence-corrected chi connectivity index (χ2v) is 8.42. The van der Waals surface area contributed by atoms with E-state index in [4.69, 9.17) is 4.98 Å². The molecule has 0 spiro atoms. The number of nitrogens with zero attached hydrogens (tertiary/aromatic N) is 2. The molecule has 3 heteroatoms. The van der Waals surface area contributed by atoms with Crippen molar-refractivity contribution < 1.29 is 0 Å². The van der Waals surface area contributed by atoms with Gasteiger partial charge in [-0.1, -0.05) is 58.0 Å². The number of nitrogens with one attached hydrogen (secondary N) is 1. The highest BCUT2D eigenvalue weighted by molar-refractivity contribution is 5.76. The maximum Gasteiger partial charge on any atom is 0.161 e. The first kappa shape index (κ1) is 16.2. The van der Waals surface area contributed by atoms with Crippen molar-refractivity contribution in [2.75, 3.05) is 5.32 Å². The number of fused-ring (bicyclic) bond motifs is 3. The van der Waals surface area contributed by atoms with Gasteiger partial charge in [0.15, 0.2) is 5.65 Å². The van der Waals surface area contributed by atoms with Crippen LogP contribution in [0.2, 0.25) is 0 Å². The molecule has 2 aromatic heterocycles. The number of rotatable bonds is 1. The van der Waals surface area contributed by atoms with E-state index in [1.54, 1.807) is 0 Å². The number of anilines is 1. The summed E-state index contributed by atoms with van der Waals surface area (Å²) in [5.41, 5.74) is 7.26. The van der Waals surface area contributed by atoms with Crippen LogP contribution in [0.25, 0.3) is 5.65 Å². The zero-order valence-corrected chi connectivity index (χ0v) is 16.0. The standard InChI is InChI=1S/C22H27N3/c1-14-15(2)25-13-12-17-18(20(25)23-14)24-19(16-10-8-7-9-11-16)22(5,6)21(17,3)4/h7-13,19,24H,1-6H3. The van der Waals surface area contributed by atoms with E-state index < -0.39 is 0 Å². The van der Waals surface area contributed by atoms with Gasteiger partial charge >= 0.3 is 0 Å². The zero-order valence-electron chi connectivity index (χ0n) is 16.0. The van der Waals surface area contributed by atoms with Gasteiger partial charge in [-0.15, -0.1) is 0 Å². The van der Waals surface area contributed by atoms with Crippen LogP contribution < -0.4 is 5.32 Å². The monoisotopic (exact) mass is 333 g/mol. The maximum atomic E-state index is 4.87. The van der Waals surface area contributed by atoms with E-state index in [0.717, 1.165) is 11.3 Å². The molecule has 0 aliphatic carbocycles. The molecule has 0 radical (unpaired) electrons. The van der Waals surface area contributed by atoms with Gasteiger partial charge in [-0.05, 0) is 41.9 Å². The van der Waals surface area contributed by atoms with Crippen LogP contribution in [-0.4, -0.2) is 9.38 Å². The largest absolute Gasteiger partial charge is 0.374 e. The van der Waals surface area contributed by atoms with Crippen molar-refractivity contribution in [1.29, 1.82) is 0 Å². The summed E-state index contributed by atoms with van der Waals surface area (Å²) in [7, 11) is 0. The Kier molecular flexibility index (Phi) is 3.31. The molecule has 25 heavy (non-hydrogen) atoms. The Balaban J connectivity index is 2.00. The summed E-state index contributed by atoms with van der Waals surface area (Å²) < 4.78 is 2.21. The van der Waals surface area contributed by atoms with Crippen LogP contribution >= 0.6 is 0 Å². The number of pyridine rings is 1. The molecule has 130 valence electrons. The molecule has 0 bridgehead atoms. The average molecular weight is 333 g/mol. The van der Waals surface area contributed by atoms with Gasteiger partial charge in [0, 0.05) is 11.9 Å². The lowest BCUT2D eigenvalue weighted by Crippen LogP contribution is -2.48. The van der Waals surface area contributed by atoms with E-state index in [-0.39, 0.29) is 16.9 Å². The first-order chi connectivity index (χ1) is 11.7.